The first-order valence-electron chi connectivity index (χ1n) is 10.8. The van der Waals surface area contributed by atoms with E-state index in [-0.39, 0.29) is 5.91 Å². The Morgan fingerprint density at radius 2 is 1.65 bits per heavy atom. The summed E-state index contributed by atoms with van der Waals surface area (Å²) in [5, 5.41) is 0. The first-order valence-corrected chi connectivity index (χ1v) is 10.8. The summed E-state index contributed by atoms with van der Waals surface area (Å²) in [5.41, 5.74) is 4.67. The van der Waals surface area contributed by atoms with Crippen LogP contribution in [0.1, 0.15) is 37.0 Å². The summed E-state index contributed by atoms with van der Waals surface area (Å²) in [5.74, 6) is 1.42. The highest BCUT2D eigenvalue weighted by molar-refractivity contribution is 6.35. The van der Waals surface area contributed by atoms with E-state index in [1.165, 1.54) is 0 Å². The second-order valence-electron chi connectivity index (χ2n) is 7.45. The van der Waals surface area contributed by atoms with E-state index in [1.807, 2.05) is 90.7 Å². The van der Waals surface area contributed by atoms with Gasteiger partial charge < -0.3 is 14.4 Å². The van der Waals surface area contributed by atoms with Crippen molar-refractivity contribution >= 4 is 23.2 Å². The second-order valence-corrected chi connectivity index (χ2v) is 7.45. The summed E-state index contributed by atoms with van der Waals surface area (Å²) in [7, 11) is 0. The van der Waals surface area contributed by atoms with Crippen LogP contribution < -0.4 is 14.4 Å². The van der Waals surface area contributed by atoms with Crippen LogP contribution in [0.4, 0.5) is 5.69 Å². The largest absolute Gasteiger partial charge is 0.490 e. The van der Waals surface area contributed by atoms with Crippen molar-refractivity contribution in [2.75, 3.05) is 18.1 Å². The Morgan fingerprint density at radius 1 is 0.871 bits per heavy atom. The van der Waals surface area contributed by atoms with Crippen LogP contribution in [-0.4, -0.2) is 19.1 Å². The van der Waals surface area contributed by atoms with Crippen molar-refractivity contribution in [3.63, 3.8) is 0 Å². The van der Waals surface area contributed by atoms with Crippen molar-refractivity contribution in [1.82, 2.24) is 0 Å². The second kappa shape index (κ2) is 9.52. The standard InChI is InChI=1S/C27H27NO3/c1-3-16-28-24-13-9-8-12-22(24)23(27(28)29)17-21-14-15-25(26(18-21)30-4-2)31-19-20-10-6-5-7-11-20/h5-15,17-18H,3-4,16,19H2,1-2H3/b23-17-. The van der Waals surface area contributed by atoms with Gasteiger partial charge in [0.2, 0.25) is 0 Å². The van der Waals surface area contributed by atoms with Crippen molar-refractivity contribution < 1.29 is 14.3 Å². The predicted octanol–water partition coefficient (Wildman–Crippen LogP) is 5.96. The number of fused-ring (bicyclic) bond motifs is 1. The van der Waals surface area contributed by atoms with Gasteiger partial charge in [-0.05, 0) is 48.7 Å². The number of anilines is 1. The summed E-state index contributed by atoms with van der Waals surface area (Å²) in [4.78, 5) is 15.0. The molecule has 0 saturated heterocycles. The molecule has 0 aliphatic carbocycles. The van der Waals surface area contributed by atoms with Crippen LogP contribution >= 0.6 is 0 Å². The van der Waals surface area contributed by atoms with Gasteiger partial charge in [-0.1, -0.05) is 61.5 Å². The van der Waals surface area contributed by atoms with Gasteiger partial charge in [-0.3, -0.25) is 4.79 Å². The van der Waals surface area contributed by atoms with Crippen molar-refractivity contribution in [2.24, 2.45) is 0 Å². The van der Waals surface area contributed by atoms with E-state index in [9.17, 15) is 4.79 Å². The molecular weight excluding hydrogens is 386 g/mol. The lowest BCUT2D eigenvalue weighted by Crippen LogP contribution is -2.26. The van der Waals surface area contributed by atoms with Gasteiger partial charge in [-0.2, -0.15) is 0 Å². The molecule has 1 aliphatic rings. The molecule has 0 radical (unpaired) electrons. The Kier molecular flexibility index (Phi) is 6.37. The summed E-state index contributed by atoms with van der Waals surface area (Å²) in [6.07, 6.45) is 2.86. The number of carbonyl (C=O) groups is 1. The number of benzene rings is 3. The smallest absolute Gasteiger partial charge is 0.258 e. The quantitative estimate of drug-likeness (QED) is 0.428. The number of hydrogen-bond acceptors (Lipinski definition) is 3. The lowest BCUT2D eigenvalue weighted by molar-refractivity contribution is -0.113. The summed E-state index contributed by atoms with van der Waals surface area (Å²) >= 11 is 0. The molecule has 31 heavy (non-hydrogen) atoms. The molecular formula is C27H27NO3. The molecule has 0 spiro atoms. The zero-order valence-electron chi connectivity index (χ0n) is 18.0. The van der Waals surface area contributed by atoms with Crippen LogP contribution in [0.15, 0.2) is 72.8 Å². The molecule has 0 N–H and O–H groups in total. The summed E-state index contributed by atoms with van der Waals surface area (Å²) in [6.45, 7) is 5.75. The highest BCUT2D eigenvalue weighted by atomic mass is 16.5. The van der Waals surface area contributed by atoms with Crippen molar-refractivity contribution in [3.05, 3.63) is 89.5 Å². The minimum absolute atomic E-state index is 0.0467. The van der Waals surface area contributed by atoms with Gasteiger partial charge in [0.1, 0.15) is 6.61 Å². The van der Waals surface area contributed by atoms with E-state index in [0.29, 0.717) is 36.8 Å². The lowest BCUT2D eigenvalue weighted by atomic mass is 10.0. The van der Waals surface area contributed by atoms with Gasteiger partial charge >= 0.3 is 0 Å². The third-order valence-electron chi connectivity index (χ3n) is 5.22. The molecule has 4 heteroatoms. The van der Waals surface area contributed by atoms with E-state index < -0.39 is 0 Å². The highest BCUT2D eigenvalue weighted by Gasteiger charge is 2.31. The van der Waals surface area contributed by atoms with E-state index in [0.717, 1.165) is 28.8 Å². The third-order valence-corrected chi connectivity index (χ3v) is 5.22. The fourth-order valence-electron chi connectivity index (χ4n) is 3.80. The minimum Gasteiger partial charge on any atom is -0.490 e. The molecule has 0 saturated carbocycles. The van der Waals surface area contributed by atoms with E-state index in [1.54, 1.807) is 0 Å². The van der Waals surface area contributed by atoms with Crippen LogP contribution in [-0.2, 0) is 11.4 Å². The number of para-hydroxylation sites is 1. The maximum Gasteiger partial charge on any atom is 0.258 e. The monoisotopic (exact) mass is 413 g/mol. The van der Waals surface area contributed by atoms with Gasteiger partial charge in [0, 0.05) is 17.7 Å². The normalized spacial score (nSPS) is 14.1. The number of rotatable bonds is 8. The van der Waals surface area contributed by atoms with Gasteiger partial charge in [-0.15, -0.1) is 0 Å². The molecule has 3 aromatic carbocycles. The molecule has 1 aliphatic heterocycles. The molecule has 4 rings (SSSR count). The first-order chi connectivity index (χ1) is 15.2. The van der Waals surface area contributed by atoms with E-state index >= 15 is 0 Å². The molecule has 4 nitrogen and oxygen atoms in total. The number of amides is 1. The maximum absolute atomic E-state index is 13.1. The first kappa shape index (κ1) is 20.7. The van der Waals surface area contributed by atoms with Crippen molar-refractivity contribution in [1.29, 1.82) is 0 Å². The lowest BCUT2D eigenvalue weighted by Gasteiger charge is -2.15. The number of hydrogen-bond donors (Lipinski definition) is 0. The minimum atomic E-state index is 0.0467. The average molecular weight is 414 g/mol. The van der Waals surface area contributed by atoms with Crippen LogP contribution in [0.3, 0.4) is 0 Å². The van der Waals surface area contributed by atoms with Crippen molar-refractivity contribution in [3.8, 4) is 11.5 Å². The summed E-state index contributed by atoms with van der Waals surface area (Å²) in [6, 6.07) is 23.8. The third kappa shape index (κ3) is 4.48. The number of ether oxygens (including phenoxy) is 2. The molecule has 1 amide bonds. The molecule has 0 unspecified atom stereocenters. The Balaban J connectivity index is 1.63. The van der Waals surface area contributed by atoms with Gasteiger partial charge in [0.05, 0.1) is 12.3 Å². The SMILES string of the molecule is CCCN1C(=O)/C(=C\c2ccc(OCc3ccccc3)c(OCC)c2)c2ccccc21. The Labute approximate surface area is 183 Å². The molecule has 0 fully saturated rings. The van der Waals surface area contributed by atoms with Crippen LogP contribution in [0, 0.1) is 0 Å². The average Bonchev–Trinajstić information content (AvgIpc) is 3.06. The zero-order chi connectivity index (χ0) is 21.6. The Hall–Kier alpha value is -3.53. The van der Waals surface area contributed by atoms with E-state index in [4.69, 9.17) is 9.47 Å². The summed E-state index contributed by atoms with van der Waals surface area (Å²) < 4.78 is 11.8. The predicted molar refractivity (Wildman–Crippen MR) is 125 cm³/mol. The van der Waals surface area contributed by atoms with Gasteiger partial charge in [0.25, 0.3) is 5.91 Å². The number of nitrogens with zero attached hydrogens (tertiary/aromatic N) is 1. The fraction of sp³-hybridized carbons (Fsp3) is 0.222. The molecule has 1 heterocycles. The Bertz CT molecular complexity index is 1090. The molecule has 3 aromatic rings. The van der Waals surface area contributed by atoms with Gasteiger partial charge in [0.15, 0.2) is 11.5 Å². The Morgan fingerprint density at radius 3 is 2.42 bits per heavy atom. The van der Waals surface area contributed by atoms with Crippen LogP contribution in [0.2, 0.25) is 0 Å². The van der Waals surface area contributed by atoms with Crippen LogP contribution in [0.5, 0.6) is 11.5 Å². The maximum atomic E-state index is 13.1. The molecule has 0 bridgehead atoms. The molecule has 0 aromatic heterocycles. The van der Waals surface area contributed by atoms with E-state index in [2.05, 4.69) is 6.92 Å². The van der Waals surface area contributed by atoms with Crippen LogP contribution in [0.25, 0.3) is 11.6 Å². The molecule has 0 atom stereocenters. The zero-order valence-corrected chi connectivity index (χ0v) is 18.0. The fourth-order valence-corrected chi connectivity index (χ4v) is 3.80. The number of carbonyl (C=O) groups excluding carboxylic acids is 1. The molecule has 158 valence electrons. The van der Waals surface area contributed by atoms with Gasteiger partial charge in [-0.25, -0.2) is 0 Å². The topological polar surface area (TPSA) is 38.8 Å². The van der Waals surface area contributed by atoms with Crippen molar-refractivity contribution in [2.45, 2.75) is 26.9 Å². The highest BCUT2D eigenvalue weighted by Crippen LogP contribution is 2.38.